The van der Waals surface area contributed by atoms with E-state index in [1.807, 2.05) is 25.3 Å². The SMILES string of the molecule is CCN(CC)S(=O)(=O)c1ccc(N/N=C/C=C2/N(C)c3ccccc3C2(C)C)c([N+](=O)[O-])c1. The molecule has 1 aliphatic heterocycles. The molecule has 0 bridgehead atoms. The summed E-state index contributed by atoms with van der Waals surface area (Å²) in [4.78, 5) is 12.9. The number of hydrogen-bond acceptors (Lipinski definition) is 7. The molecule has 1 aliphatic rings. The van der Waals surface area contributed by atoms with Crippen LogP contribution in [0.5, 0.6) is 0 Å². The van der Waals surface area contributed by atoms with Crippen LogP contribution in [-0.2, 0) is 15.4 Å². The van der Waals surface area contributed by atoms with Crippen LogP contribution in [0.3, 0.4) is 0 Å². The van der Waals surface area contributed by atoms with Crippen molar-refractivity contribution in [1.82, 2.24) is 4.31 Å². The third-order valence-electron chi connectivity index (χ3n) is 5.94. The fourth-order valence-corrected chi connectivity index (χ4v) is 5.63. The standard InChI is InChI=1S/C23H29N5O4S/c1-6-27(7-2)33(31,32)17-12-13-19(21(16-17)28(29)30)25-24-15-14-22-23(3,4)18-10-8-9-11-20(18)26(22)5/h8-16,25H,6-7H2,1-5H3/b22-14+,24-15+. The van der Waals surface area contributed by atoms with Crippen LogP contribution < -0.4 is 10.3 Å². The number of benzene rings is 2. The van der Waals surface area contributed by atoms with Gasteiger partial charge in [-0.25, -0.2) is 8.42 Å². The predicted molar refractivity (Wildman–Crippen MR) is 131 cm³/mol. The van der Waals surface area contributed by atoms with Crippen molar-refractivity contribution in [1.29, 1.82) is 0 Å². The van der Waals surface area contributed by atoms with Gasteiger partial charge in [0.25, 0.3) is 5.69 Å². The molecule has 1 heterocycles. The molecule has 1 N–H and O–H groups in total. The van der Waals surface area contributed by atoms with Crippen molar-refractivity contribution in [3.05, 3.63) is 69.9 Å². The zero-order chi connectivity index (χ0) is 24.4. The lowest BCUT2D eigenvalue weighted by molar-refractivity contribution is -0.384. The number of nitro benzene ring substituents is 1. The molecule has 2 aromatic carbocycles. The summed E-state index contributed by atoms with van der Waals surface area (Å²) < 4.78 is 26.7. The lowest BCUT2D eigenvalue weighted by Crippen LogP contribution is -2.30. The molecule has 176 valence electrons. The van der Waals surface area contributed by atoms with Gasteiger partial charge in [0.05, 0.1) is 9.82 Å². The molecule has 9 nitrogen and oxygen atoms in total. The van der Waals surface area contributed by atoms with E-state index in [0.29, 0.717) is 0 Å². The number of allylic oxidation sites excluding steroid dienone is 2. The zero-order valence-electron chi connectivity index (χ0n) is 19.4. The Labute approximate surface area is 194 Å². The van der Waals surface area contributed by atoms with Crippen LogP contribution in [-0.4, -0.2) is 44.0 Å². The molecule has 0 unspecified atom stereocenters. The Morgan fingerprint density at radius 1 is 1.18 bits per heavy atom. The highest BCUT2D eigenvalue weighted by Crippen LogP contribution is 2.46. The average molecular weight is 472 g/mol. The van der Waals surface area contributed by atoms with Crippen LogP contribution in [0, 0.1) is 10.1 Å². The number of likely N-dealkylation sites (N-methyl/N-ethyl adjacent to an activating group) is 1. The van der Waals surface area contributed by atoms with E-state index in [2.05, 4.69) is 41.4 Å². The molecular weight excluding hydrogens is 442 g/mol. The summed E-state index contributed by atoms with van der Waals surface area (Å²) in [6, 6.07) is 11.9. The molecule has 0 aromatic heterocycles. The minimum atomic E-state index is -3.81. The normalized spacial score (nSPS) is 16.5. The highest BCUT2D eigenvalue weighted by atomic mass is 32.2. The third-order valence-corrected chi connectivity index (χ3v) is 7.99. The van der Waals surface area contributed by atoms with Gasteiger partial charge in [0.2, 0.25) is 10.0 Å². The molecule has 0 aliphatic carbocycles. The van der Waals surface area contributed by atoms with Gasteiger partial charge in [-0.15, -0.1) is 0 Å². The van der Waals surface area contributed by atoms with E-state index in [9.17, 15) is 18.5 Å². The van der Waals surface area contributed by atoms with Crippen LogP contribution in [0.25, 0.3) is 0 Å². The molecule has 2 aromatic rings. The van der Waals surface area contributed by atoms with E-state index < -0.39 is 14.9 Å². The molecule has 0 amide bonds. The Morgan fingerprint density at radius 3 is 2.45 bits per heavy atom. The monoisotopic (exact) mass is 471 g/mol. The molecule has 0 fully saturated rings. The highest BCUT2D eigenvalue weighted by Gasteiger charge is 2.37. The molecule has 0 radical (unpaired) electrons. The number of para-hydroxylation sites is 1. The van der Waals surface area contributed by atoms with Gasteiger partial charge < -0.3 is 4.90 Å². The van der Waals surface area contributed by atoms with Crippen molar-refractivity contribution in [3.8, 4) is 0 Å². The number of nitro groups is 1. The lowest BCUT2D eigenvalue weighted by Gasteiger charge is -2.23. The molecule has 10 heteroatoms. The van der Waals surface area contributed by atoms with E-state index in [0.717, 1.165) is 17.5 Å². The van der Waals surface area contributed by atoms with Gasteiger partial charge in [-0.1, -0.05) is 45.9 Å². The number of sulfonamides is 1. The molecule has 3 rings (SSSR count). The van der Waals surface area contributed by atoms with Crippen LogP contribution in [0.2, 0.25) is 0 Å². The summed E-state index contributed by atoms with van der Waals surface area (Å²) in [6.45, 7) is 8.25. The van der Waals surface area contributed by atoms with Gasteiger partial charge in [0.1, 0.15) is 5.69 Å². The van der Waals surface area contributed by atoms with Crippen molar-refractivity contribution >= 4 is 33.3 Å². The Morgan fingerprint density at radius 2 is 1.85 bits per heavy atom. The maximum atomic E-state index is 12.7. The highest BCUT2D eigenvalue weighted by molar-refractivity contribution is 7.89. The predicted octanol–water partition coefficient (Wildman–Crippen LogP) is 4.33. The minimum absolute atomic E-state index is 0.107. The molecule has 33 heavy (non-hydrogen) atoms. The molecule has 0 atom stereocenters. The second kappa shape index (κ2) is 9.32. The van der Waals surface area contributed by atoms with E-state index in [1.165, 1.54) is 22.0 Å². The van der Waals surface area contributed by atoms with Crippen LogP contribution in [0.15, 0.2) is 64.2 Å². The number of rotatable bonds is 8. The van der Waals surface area contributed by atoms with Gasteiger partial charge in [0, 0.05) is 49.2 Å². The quantitative estimate of drug-likeness (QED) is 0.349. The van der Waals surface area contributed by atoms with Crippen LogP contribution >= 0.6 is 0 Å². The van der Waals surface area contributed by atoms with E-state index >= 15 is 0 Å². The molecular formula is C23H29N5O4S. The van der Waals surface area contributed by atoms with Crippen molar-refractivity contribution in [2.45, 2.75) is 38.0 Å². The minimum Gasteiger partial charge on any atom is -0.347 e. The van der Waals surface area contributed by atoms with Crippen molar-refractivity contribution in [2.75, 3.05) is 30.5 Å². The van der Waals surface area contributed by atoms with E-state index in [-0.39, 0.29) is 34.8 Å². The largest absolute Gasteiger partial charge is 0.347 e. The Balaban J connectivity index is 1.85. The summed E-state index contributed by atoms with van der Waals surface area (Å²) in [5.74, 6) is 0. The molecule has 0 spiro atoms. The first-order valence-electron chi connectivity index (χ1n) is 10.7. The summed E-state index contributed by atoms with van der Waals surface area (Å²) in [6.07, 6.45) is 3.40. The van der Waals surface area contributed by atoms with Gasteiger partial charge in [-0.3, -0.25) is 15.5 Å². The molecule has 0 saturated heterocycles. The summed E-state index contributed by atoms with van der Waals surface area (Å²) >= 11 is 0. The first-order valence-corrected chi connectivity index (χ1v) is 12.1. The summed E-state index contributed by atoms with van der Waals surface area (Å²) in [7, 11) is -1.82. The second-order valence-corrected chi connectivity index (χ2v) is 10.1. The maximum Gasteiger partial charge on any atom is 0.295 e. The summed E-state index contributed by atoms with van der Waals surface area (Å²) in [5.41, 5.74) is 5.56. The smallest absolute Gasteiger partial charge is 0.295 e. The number of hydrogen-bond donors (Lipinski definition) is 1. The van der Waals surface area contributed by atoms with Crippen LogP contribution in [0.1, 0.15) is 33.3 Å². The fourth-order valence-electron chi connectivity index (χ4n) is 4.15. The average Bonchev–Trinajstić information content (AvgIpc) is 2.97. The van der Waals surface area contributed by atoms with Gasteiger partial charge in [0.15, 0.2) is 0 Å². The fraction of sp³-hybridized carbons (Fsp3) is 0.348. The molecule has 0 saturated carbocycles. The Bertz CT molecular complexity index is 1220. The second-order valence-electron chi connectivity index (χ2n) is 8.17. The first kappa shape index (κ1) is 24.4. The van der Waals surface area contributed by atoms with E-state index in [1.54, 1.807) is 20.1 Å². The van der Waals surface area contributed by atoms with Gasteiger partial charge >= 0.3 is 0 Å². The van der Waals surface area contributed by atoms with Crippen molar-refractivity contribution in [3.63, 3.8) is 0 Å². The zero-order valence-corrected chi connectivity index (χ0v) is 20.3. The Hall–Kier alpha value is -3.24. The number of anilines is 2. The van der Waals surface area contributed by atoms with Crippen molar-refractivity contribution in [2.24, 2.45) is 5.10 Å². The van der Waals surface area contributed by atoms with Gasteiger partial charge in [-0.2, -0.15) is 9.41 Å². The third kappa shape index (κ3) is 4.49. The Kier molecular flexibility index (Phi) is 6.89. The van der Waals surface area contributed by atoms with Crippen LogP contribution in [0.4, 0.5) is 17.1 Å². The van der Waals surface area contributed by atoms with E-state index in [4.69, 9.17) is 0 Å². The number of hydrazone groups is 1. The number of nitrogens with zero attached hydrogens (tertiary/aromatic N) is 4. The first-order chi connectivity index (χ1) is 15.6. The number of nitrogens with one attached hydrogen (secondary N) is 1. The number of fused-ring (bicyclic) bond motifs is 1. The van der Waals surface area contributed by atoms with Gasteiger partial charge in [-0.05, 0) is 29.8 Å². The maximum absolute atomic E-state index is 12.7. The topological polar surface area (TPSA) is 108 Å². The van der Waals surface area contributed by atoms with Crippen molar-refractivity contribution < 1.29 is 13.3 Å². The lowest BCUT2D eigenvalue weighted by atomic mass is 9.84. The summed E-state index contributed by atoms with van der Waals surface area (Å²) in [5, 5.41) is 15.7.